The van der Waals surface area contributed by atoms with Gasteiger partial charge in [-0.3, -0.25) is 9.71 Å². The van der Waals surface area contributed by atoms with Crippen molar-refractivity contribution >= 4 is 27.6 Å². The van der Waals surface area contributed by atoms with Crippen molar-refractivity contribution in [2.24, 2.45) is 4.99 Å². The van der Waals surface area contributed by atoms with Crippen LogP contribution in [0.1, 0.15) is 5.56 Å². The highest BCUT2D eigenvalue weighted by molar-refractivity contribution is 7.92. The number of halogens is 1. The summed E-state index contributed by atoms with van der Waals surface area (Å²) in [5, 5.41) is 19.0. The number of sulfonamides is 1. The molecular formula is C19H15FN2O4S. The van der Waals surface area contributed by atoms with Crippen LogP contribution in [0, 0.1) is 5.82 Å². The summed E-state index contributed by atoms with van der Waals surface area (Å²) in [5.74, 6) is -0.644. The SMILES string of the molecule is O=S(=O)(Nc1ccc(F)cc1)c1ccc(N=Cc2ccc(O)cc2O)cc1. The maximum atomic E-state index is 12.9. The maximum absolute atomic E-state index is 12.9. The second kappa shape index (κ2) is 7.46. The Morgan fingerprint density at radius 3 is 2.22 bits per heavy atom. The molecular weight excluding hydrogens is 371 g/mol. The van der Waals surface area contributed by atoms with E-state index in [0.717, 1.165) is 12.1 Å². The number of hydrogen-bond acceptors (Lipinski definition) is 5. The van der Waals surface area contributed by atoms with Crippen LogP contribution in [0.2, 0.25) is 0 Å². The number of benzene rings is 3. The minimum absolute atomic E-state index is 0.0262. The topological polar surface area (TPSA) is 99.0 Å². The molecule has 0 heterocycles. The number of phenols is 2. The number of anilines is 1. The third kappa shape index (κ3) is 4.62. The number of nitrogens with zero attached hydrogens (tertiary/aromatic N) is 1. The van der Waals surface area contributed by atoms with Gasteiger partial charge in [0.2, 0.25) is 0 Å². The third-order valence-electron chi connectivity index (χ3n) is 3.61. The van der Waals surface area contributed by atoms with Gasteiger partial charge in [0.05, 0.1) is 10.6 Å². The smallest absolute Gasteiger partial charge is 0.261 e. The molecule has 0 fully saturated rings. The summed E-state index contributed by atoms with van der Waals surface area (Å²) in [6.07, 6.45) is 1.40. The van der Waals surface area contributed by atoms with Gasteiger partial charge in [0.1, 0.15) is 17.3 Å². The predicted octanol–water partition coefficient (Wildman–Crippen LogP) is 3.79. The molecule has 0 aliphatic heterocycles. The summed E-state index contributed by atoms with van der Waals surface area (Å²) < 4.78 is 40.0. The quantitative estimate of drug-likeness (QED) is 0.581. The van der Waals surface area contributed by atoms with E-state index in [2.05, 4.69) is 9.71 Å². The Balaban J connectivity index is 1.76. The molecule has 0 saturated heterocycles. The number of hydrogen-bond donors (Lipinski definition) is 3. The van der Waals surface area contributed by atoms with Gasteiger partial charge < -0.3 is 10.2 Å². The first-order valence-corrected chi connectivity index (χ1v) is 9.26. The zero-order valence-electron chi connectivity index (χ0n) is 13.9. The van der Waals surface area contributed by atoms with Crippen molar-refractivity contribution in [2.75, 3.05) is 4.72 Å². The van der Waals surface area contributed by atoms with E-state index in [-0.39, 0.29) is 22.1 Å². The molecule has 3 rings (SSSR count). The van der Waals surface area contributed by atoms with Crippen LogP contribution in [0.15, 0.2) is 76.6 Å². The average molecular weight is 386 g/mol. The predicted molar refractivity (Wildman–Crippen MR) is 101 cm³/mol. The molecule has 0 amide bonds. The summed E-state index contributed by atoms with van der Waals surface area (Å²) in [4.78, 5) is 4.19. The van der Waals surface area contributed by atoms with Crippen molar-refractivity contribution in [3.8, 4) is 11.5 Å². The number of nitrogens with one attached hydrogen (secondary N) is 1. The molecule has 6 nitrogen and oxygen atoms in total. The van der Waals surface area contributed by atoms with Crippen molar-refractivity contribution in [1.82, 2.24) is 0 Å². The average Bonchev–Trinajstić information content (AvgIpc) is 2.63. The first kappa shape index (κ1) is 18.4. The van der Waals surface area contributed by atoms with E-state index in [1.54, 1.807) is 0 Å². The van der Waals surface area contributed by atoms with E-state index in [0.29, 0.717) is 11.3 Å². The maximum Gasteiger partial charge on any atom is 0.261 e. The molecule has 138 valence electrons. The fourth-order valence-corrected chi connectivity index (χ4v) is 3.29. The molecule has 0 unspecified atom stereocenters. The Hall–Kier alpha value is -3.39. The highest BCUT2D eigenvalue weighted by atomic mass is 32.2. The largest absolute Gasteiger partial charge is 0.508 e. The summed E-state index contributed by atoms with van der Waals surface area (Å²) >= 11 is 0. The van der Waals surface area contributed by atoms with E-state index >= 15 is 0 Å². The Kier molecular flexibility index (Phi) is 5.09. The number of rotatable bonds is 5. The fourth-order valence-electron chi connectivity index (χ4n) is 2.23. The van der Waals surface area contributed by atoms with Gasteiger partial charge in [0.15, 0.2) is 0 Å². The molecule has 0 saturated carbocycles. The summed E-state index contributed by atoms with van der Waals surface area (Å²) in [7, 11) is -3.81. The lowest BCUT2D eigenvalue weighted by molar-refractivity contribution is 0.450. The van der Waals surface area contributed by atoms with Crippen LogP contribution in [0.25, 0.3) is 0 Å². The Bertz CT molecular complexity index is 1080. The molecule has 3 N–H and O–H groups in total. The molecule has 27 heavy (non-hydrogen) atoms. The van der Waals surface area contributed by atoms with Crippen molar-refractivity contribution in [1.29, 1.82) is 0 Å². The number of aromatic hydroxyl groups is 2. The Morgan fingerprint density at radius 1 is 0.926 bits per heavy atom. The van der Waals surface area contributed by atoms with E-state index < -0.39 is 15.8 Å². The number of phenolic OH excluding ortho intramolecular Hbond substituents is 2. The van der Waals surface area contributed by atoms with Gasteiger partial charge in [-0.05, 0) is 60.7 Å². The van der Waals surface area contributed by atoms with Gasteiger partial charge in [-0.25, -0.2) is 12.8 Å². The minimum atomic E-state index is -3.81. The molecule has 3 aromatic rings. The molecule has 0 aliphatic rings. The van der Waals surface area contributed by atoms with Crippen LogP contribution in [-0.2, 0) is 10.0 Å². The Labute approximate surface area is 155 Å². The summed E-state index contributed by atoms with van der Waals surface area (Å²) in [5.41, 5.74) is 1.13. The molecule has 0 radical (unpaired) electrons. The monoisotopic (exact) mass is 386 g/mol. The Morgan fingerprint density at radius 2 is 1.59 bits per heavy atom. The fraction of sp³-hybridized carbons (Fsp3) is 0. The van der Waals surface area contributed by atoms with Crippen LogP contribution in [-0.4, -0.2) is 24.8 Å². The van der Waals surface area contributed by atoms with Gasteiger partial charge >= 0.3 is 0 Å². The van der Waals surface area contributed by atoms with Crippen molar-refractivity contribution in [2.45, 2.75) is 4.90 Å². The summed E-state index contributed by atoms with van der Waals surface area (Å²) in [6.45, 7) is 0. The van der Waals surface area contributed by atoms with Gasteiger partial charge in [-0.15, -0.1) is 0 Å². The second-order valence-corrected chi connectivity index (χ2v) is 7.29. The van der Waals surface area contributed by atoms with Crippen molar-refractivity contribution in [3.05, 3.63) is 78.1 Å². The minimum Gasteiger partial charge on any atom is -0.508 e. The second-order valence-electron chi connectivity index (χ2n) is 5.61. The van der Waals surface area contributed by atoms with Crippen LogP contribution >= 0.6 is 0 Å². The lowest BCUT2D eigenvalue weighted by Crippen LogP contribution is -2.12. The van der Waals surface area contributed by atoms with Crippen LogP contribution < -0.4 is 4.72 Å². The van der Waals surface area contributed by atoms with E-state index in [9.17, 15) is 23.0 Å². The van der Waals surface area contributed by atoms with Gasteiger partial charge in [-0.2, -0.15) is 0 Å². The zero-order chi connectivity index (χ0) is 19.4. The van der Waals surface area contributed by atoms with Gasteiger partial charge in [0, 0.05) is 23.5 Å². The molecule has 0 aliphatic carbocycles. The van der Waals surface area contributed by atoms with Crippen LogP contribution in [0.3, 0.4) is 0 Å². The molecule has 0 aromatic heterocycles. The molecule has 0 bridgehead atoms. The molecule has 3 aromatic carbocycles. The number of aliphatic imine (C=N–C) groups is 1. The first-order valence-electron chi connectivity index (χ1n) is 7.78. The van der Waals surface area contributed by atoms with Crippen LogP contribution in [0.5, 0.6) is 11.5 Å². The third-order valence-corrected chi connectivity index (χ3v) is 5.01. The van der Waals surface area contributed by atoms with Crippen molar-refractivity contribution < 1.29 is 23.0 Å². The summed E-state index contributed by atoms with van der Waals surface area (Å²) in [6, 6.07) is 14.9. The zero-order valence-corrected chi connectivity index (χ0v) is 14.7. The van der Waals surface area contributed by atoms with Gasteiger partial charge in [-0.1, -0.05) is 0 Å². The van der Waals surface area contributed by atoms with E-state index in [1.165, 1.54) is 60.8 Å². The molecule has 8 heteroatoms. The normalized spacial score (nSPS) is 11.6. The standard InChI is InChI=1S/C19H15FN2O4S/c20-14-2-4-16(5-3-14)22-27(25,26)18-9-6-15(7-10-18)21-12-13-1-8-17(23)11-19(13)24/h1-12,22-24H. The highest BCUT2D eigenvalue weighted by Gasteiger charge is 2.14. The van der Waals surface area contributed by atoms with Crippen LogP contribution in [0.4, 0.5) is 15.8 Å². The van der Waals surface area contributed by atoms with Crippen molar-refractivity contribution in [3.63, 3.8) is 0 Å². The van der Waals surface area contributed by atoms with E-state index in [4.69, 9.17) is 0 Å². The highest BCUT2D eigenvalue weighted by Crippen LogP contribution is 2.23. The molecule has 0 spiro atoms. The lowest BCUT2D eigenvalue weighted by Gasteiger charge is -2.08. The first-order chi connectivity index (χ1) is 12.8. The van der Waals surface area contributed by atoms with Gasteiger partial charge in [0.25, 0.3) is 10.0 Å². The van der Waals surface area contributed by atoms with E-state index in [1.807, 2.05) is 0 Å². The lowest BCUT2D eigenvalue weighted by atomic mass is 10.2. The molecule has 0 atom stereocenters.